The van der Waals surface area contributed by atoms with Crippen LogP contribution in [0.5, 0.6) is 5.75 Å². The van der Waals surface area contributed by atoms with Gasteiger partial charge in [0.2, 0.25) is 0 Å². The van der Waals surface area contributed by atoms with Crippen molar-refractivity contribution in [3.63, 3.8) is 0 Å². The van der Waals surface area contributed by atoms with Crippen LogP contribution in [0.1, 0.15) is 55.1 Å². The standard InChI is InChI=1S/C26H32N4O4S/c1-26(2,3)21-10-11-23(34-4)24(17-21)35(32,33)28-25(31)19-8-9-20(18-30-15-7-12-27-30)22(16-19)29-13-5-6-14-29/h7-12,15-17H,5-6,13-14,18H2,1-4H3,(H,28,31). The van der Waals surface area contributed by atoms with Crippen molar-refractivity contribution in [2.24, 2.45) is 0 Å². The van der Waals surface area contributed by atoms with Gasteiger partial charge >= 0.3 is 0 Å². The molecule has 1 amide bonds. The largest absolute Gasteiger partial charge is 0.495 e. The van der Waals surface area contributed by atoms with E-state index in [9.17, 15) is 13.2 Å². The smallest absolute Gasteiger partial charge is 0.268 e. The Kier molecular flexibility index (Phi) is 6.89. The third-order valence-electron chi connectivity index (χ3n) is 6.23. The van der Waals surface area contributed by atoms with Crippen molar-refractivity contribution in [1.82, 2.24) is 14.5 Å². The lowest BCUT2D eigenvalue weighted by Gasteiger charge is -2.23. The van der Waals surface area contributed by atoms with Crippen molar-refractivity contribution >= 4 is 21.6 Å². The number of methoxy groups -OCH3 is 1. The molecule has 0 atom stereocenters. The number of aromatic nitrogens is 2. The van der Waals surface area contributed by atoms with Crippen molar-refractivity contribution in [2.75, 3.05) is 25.1 Å². The highest BCUT2D eigenvalue weighted by molar-refractivity contribution is 7.90. The predicted octanol–water partition coefficient (Wildman–Crippen LogP) is 3.96. The first-order valence-corrected chi connectivity index (χ1v) is 13.2. The van der Waals surface area contributed by atoms with Crippen molar-refractivity contribution in [3.8, 4) is 5.75 Å². The number of carbonyl (C=O) groups excluding carboxylic acids is 1. The molecule has 0 unspecified atom stereocenters. The number of rotatable bonds is 7. The highest BCUT2D eigenvalue weighted by Crippen LogP contribution is 2.31. The first kappa shape index (κ1) is 24.8. The van der Waals surface area contributed by atoms with E-state index in [1.54, 1.807) is 30.5 Å². The molecule has 2 aromatic carbocycles. The van der Waals surface area contributed by atoms with E-state index in [0.29, 0.717) is 6.54 Å². The minimum Gasteiger partial charge on any atom is -0.495 e. The van der Waals surface area contributed by atoms with Gasteiger partial charge in [0.1, 0.15) is 10.6 Å². The fourth-order valence-corrected chi connectivity index (χ4v) is 5.42. The maximum absolute atomic E-state index is 13.3. The van der Waals surface area contributed by atoms with E-state index in [0.717, 1.165) is 42.7 Å². The molecule has 9 heteroatoms. The van der Waals surface area contributed by atoms with E-state index in [1.807, 2.05) is 49.8 Å². The summed E-state index contributed by atoms with van der Waals surface area (Å²) in [7, 11) is -2.76. The number of amides is 1. The van der Waals surface area contributed by atoms with Gasteiger partial charge < -0.3 is 9.64 Å². The maximum atomic E-state index is 13.3. The summed E-state index contributed by atoms with van der Waals surface area (Å²) in [6.07, 6.45) is 5.77. The molecule has 1 N–H and O–H groups in total. The molecule has 1 saturated heterocycles. The zero-order valence-corrected chi connectivity index (χ0v) is 21.4. The van der Waals surface area contributed by atoms with Crippen LogP contribution >= 0.6 is 0 Å². The summed E-state index contributed by atoms with van der Waals surface area (Å²) in [4.78, 5) is 15.3. The average Bonchev–Trinajstić information content (AvgIpc) is 3.52. The normalized spacial score (nSPS) is 14.2. The monoisotopic (exact) mass is 496 g/mol. The van der Waals surface area contributed by atoms with Crippen molar-refractivity contribution in [3.05, 3.63) is 71.5 Å². The highest BCUT2D eigenvalue weighted by Gasteiger charge is 2.26. The highest BCUT2D eigenvalue weighted by atomic mass is 32.2. The number of nitrogens with one attached hydrogen (secondary N) is 1. The Morgan fingerprint density at radius 3 is 2.49 bits per heavy atom. The average molecular weight is 497 g/mol. The number of sulfonamides is 1. The molecule has 1 aromatic heterocycles. The SMILES string of the molecule is COc1ccc(C(C)(C)C)cc1S(=O)(=O)NC(=O)c1ccc(Cn2cccn2)c(N2CCCC2)c1. The number of benzene rings is 2. The van der Waals surface area contributed by atoms with Crippen molar-refractivity contribution in [1.29, 1.82) is 0 Å². The molecular weight excluding hydrogens is 464 g/mol. The number of anilines is 1. The Hall–Kier alpha value is -3.33. The second kappa shape index (κ2) is 9.73. The summed E-state index contributed by atoms with van der Waals surface area (Å²) in [5, 5.41) is 4.29. The summed E-state index contributed by atoms with van der Waals surface area (Å²) in [6, 6.07) is 12.2. The number of nitrogens with zero attached hydrogens (tertiary/aromatic N) is 3. The molecule has 4 rings (SSSR count). The molecule has 0 radical (unpaired) electrons. The lowest BCUT2D eigenvalue weighted by Crippen LogP contribution is -2.31. The van der Waals surface area contributed by atoms with Gasteiger partial charge in [0.05, 0.1) is 13.7 Å². The van der Waals surface area contributed by atoms with E-state index in [1.165, 1.54) is 7.11 Å². The Morgan fingerprint density at radius 1 is 1.11 bits per heavy atom. The van der Waals surface area contributed by atoms with Crippen LogP contribution in [0.2, 0.25) is 0 Å². The van der Waals surface area contributed by atoms with Gasteiger partial charge in [-0.05, 0) is 59.7 Å². The van der Waals surface area contributed by atoms with Crippen molar-refractivity contribution < 1.29 is 17.9 Å². The zero-order chi connectivity index (χ0) is 25.2. The topological polar surface area (TPSA) is 93.5 Å². The van der Waals surface area contributed by atoms with E-state index < -0.39 is 15.9 Å². The lowest BCUT2D eigenvalue weighted by atomic mass is 9.87. The molecule has 35 heavy (non-hydrogen) atoms. The van der Waals surface area contributed by atoms with Crippen LogP contribution < -0.4 is 14.4 Å². The Morgan fingerprint density at radius 2 is 1.86 bits per heavy atom. The fourth-order valence-electron chi connectivity index (χ4n) is 4.25. The number of carbonyl (C=O) groups is 1. The molecular formula is C26H32N4O4S. The van der Waals surface area contributed by atoms with Crippen LogP contribution in [0.3, 0.4) is 0 Å². The third kappa shape index (κ3) is 5.51. The van der Waals surface area contributed by atoms with Gasteiger partial charge in [-0.3, -0.25) is 9.48 Å². The second-order valence-electron chi connectivity index (χ2n) is 9.79. The molecule has 0 bridgehead atoms. The molecule has 3 aromatic rings. The van der Waals surface area contributed by atoms with Gasteiger partial charge in [-0.15, -0.1) is 0 Å². The number of ether oxygens (including phenoxy) is 1. The molecule has 186 valence electrons. The molecule has 1 fully saturated rings. The van der Waals surface area contributed by atoms with E-state index in [2.05, 4.69) is 14.7 Å². The van der Waals surface area contributed by atoms with E-state index in [4.69, 9.17) is 4.74 Å². The van der Waals surface area contributed by atoms with Crippen molar-refractivity contribution in [2.45, 2.75) is 50.5 Å². The van der Waals surface area contributed by atoms with Gasteiger partial charge in [0, 0.05) is 36.7 Å². The van der Waals surface area contributed by atoms with Crippen LogP contribution in [0.15, 0.2) is 59.8 Å². The minimum atomic E-state index is -4.17. The first-order chi connectivity index (χ1) is 16.6. The predicted molar refractivity (Wildman–Crippen MR) is 136 cm³/mol. The molecule has 2 heterocycles. The molecule has 1 aliphatic rings. The maximum Gasteiger partial charge on any atom is 0.268 e. The molecule has 0 aliphatic carbocycles. The molecule has 8 nitrogen and oxygen atoms in total. The van der Waals surface area contributed by atoms with E-state index in [-0.39, 0.29) is 21.6 Å². The zero-order valence-electron chi connectivity index (χ0n) is 20.6. The lowest BCUT2D eigenvalue weighted by molar-refractivity contribution is 0.0981. The molecule has 0 saturated carbocycles. The number of hydrogen-bond acceptors (Lipinski definition) is 6. The van der Waals surface area contributed by atoms with Gasteiger partial charge in [-0.2, -0.15) is 5.10 Å². The summed E-state index contributed by atoms with van der Waals surface area (Å²) in [6.45, 7) is 8.34. The van der Waals surface area contributed by atoms with E-state index >= 15 is 0 Å². The fraction of sp³-hybridized carbons (Fsp3) is 0.385. The Balaban J connectivity index is 1.65. The summed E-state index contributed by atoms with van der Waals surface area (Å²) >= 11 is 0. The minimum absolute atomic E-state index is 0.0594. The van der Waals surface area contributed by atoms with Gasteiger partial charge in [-0.25, -0.2) is 13.1 Å². The summed E-state index contributed by atoms with van der Waals surface area (Å²) < 4.78 is 35.9. The third-order valence-corrected chi connectivity index (χ3v) is 7.58. The van der Waals surface area contributed by atoms with Gasteiger partial charge in [0.15, 0.2) is 0 Å². The van der Waals surface area contributed by atoms with Gasteiger partial charge in [0.25, 0.3) is 15.9 Å². The van der Waals surface area contributed by atoms with Crippen LogP contribution in [-0.2, 0) is 22.0 Å². The van der Waals surface area contributed by atoms with Crippen LogP contribution in [-0.4, -0.2) is 44.3 Å². The summed E-state index contributed by atoms with van der Waals surface area (Å²) in [5.74, 6) is -0.495. The quantitative estimate of drug-likeness (QED) is 0.532. The van der Waals surface area contributed by atoms with Crippen LogP contribution in [0.25, 0.3) is 0 Å². The Bertz CT molecular complexity index is 1310. The first-order valence-electron chi connectivity index (χ1n) is 11.7. The number of hydrogen-bond donors (Lipinski definition) is 1. The molecule has 0 spiro atoms. The van der Waals surface area contributed by atoms with Crippen LogP contribution in [0, 0.1) is 0 Å². The Labute approximate surface area is 207 Å². The molecule has 1 aliphatic heterocycles. The second-order valence-corrected chi connectivity index (χ2v) is 11.4. The van der Waals surface area contributed by atoms with Crippen LogP contribution in [0.4, 0.5) is 5.69 Å². The summed E-state index contributed by atoms with van der Waals surface area (Å²) in [5.41, 5.74) is 2.79. The van der Waals surface area contributed by atoms with Gasteiger partial charge in [-0.1, -0.05) is 32.9 Å².